The zero-order chi connectivity index (χ0) is 13.1. The minimum atomic E-state index is -0.405. The van der Waals surface area contributed by atoms with Crippen LogP contribution in [-0.4, -0.2) is 24.1 Å². The first-order valence-corrected chi connectivity index (χ1v) is 5.33. The van der Waals surface area contributed by atoms with E-state index in [9.17, 15) is 4.39 Å². The summed E-state index contributed by atoms with van der Waals surface area (Å²) in [7, 11) is 3.60. The van der Waals surface area contributed by atoms with Crippen LogP contribution < -0.4 is 4.90 Å². The van der Waals surface area contributed by atoms with E-state index in [2.05, 4.69) is 9.97 Å². The van der Waals surface area contributed by atoms with Crippen molar-refractivity contribution in [1.82, 2.24) is 9.97 Å². The van der Waals surface area contributed by atoms with E-state index in [1.807, 2.05) is 6.07 Å². The average Bonchev–Trinajstić information content (AvgIpc) is 2.38. The van der Waals surface area contributed by atoms with Gasteiger partial charge in [0.05, 0.1) is 5.56 Å². The van der Waals surface area contributed by atoms with E-state index in [-0.39, 0.29) is 17.1 Å². The molecule has 2 rings (SSSR count). The number of aromatic nitrogens is 2. The van der Waals surface area contributed by atoms with Crippen LogP contribution in [0.2, 0.25) is 0 Å². The van der Waals surface area contributed by atoms with Gasteiger partial charge in [-0.1, -0.05) is 12.1 Å². The maximum atomic E-state index is 13.7. The van der Waals surface area contributed by atoms with E-state index in [1.54, 1.807) is 43.3 Å². The van der Waals surface area contributed by atoms with E-state index in [4.69, 9.17) is 5.26 Å². The molecule has 0 saturated heterocycles. The first-order chi connectivity index (χ1) is 8.61. The zero-order valence-electron chi connectivity index (χ0n) is 10.1. The Bertz CT molecular complexity index is 617. The maximum Gasteiger partial charge on any atom is 0.165 e. The summed E-state index contributed by atoms with van der Waals surface area (Å²) in [6.07, 6.45) is 0. The smallest absolute Gasteiger partial charge is 0.165 e. The Morgan fingerprint density at radius 3 is 2.56 bits per heavy atom. The first kappa shape index (κ1) is 12.0. The number of hydrogen-bond donors (Lipinski definition) is 0. The molecule has 1 heterocycles. The molecule has 4 nitrogen and oxygen atoms in total. The van der Waals surface area contributed by atoms with Gasteiger partial charge in [-0.3, -0.25) is 0 Å². The van der Waals surface area contributed by atoms with Gasteiger partial charge in [0.2, 0.25) is 0 Å². The lowest BCUT2D eigenvalue weighted by molar-refractivity contribution is 0.630. The average molecular weight is 242 g/mol. The summed E-state index contributed by atoms with van der Waals surface area (Å²) in [5, 5.41) is 8.93. The van der Waals surface area contributed by atoms with Crippen molar-refractivity contribution < 1.29 is 4.39 Å². The van der Waals surface area contributed by atoms with Crippen LogP contribution in [0.1, 0.15) is 5.69 Å². The van der Waals surface area contributed by atoms with Crippen LogP contribution in [0.3, 0.4) is 0 Å². The molecular weight excluding hydrogens is 231 g/mol. The van der Waals surface area contributed by atoms with E-state index in [1.165, 1.54) is 6.07 Å². The number of halogens is 1. The number of rotatable bonds is 2. The quantitative estimate of drug-likeness (QED) is 0.810. The van der Waals surface area contributed by atoms with Crippen molar-refractivity contribution in [1.29, 1.82) is 5.26 Å². The van der Waals surface area contributed by atoms with Crippen LogP contribution in [0.5, 0.6) is 0 Å². The second-order valence-electron chi connectivity index (χ2n) is 3.92. The third-order valence-corrected chi connectivity index (χ3v) is 2.40. The molecular formula is C13H11FN4. The van der Waals surface area contributed by atoms with Crippen LogP contribution in [-0.2, 0) is 0 Å². The van der Waals surface area contributed by atoms with Crippen LogP contribution in [0.25, 0.3) is 11.4 Å². The highest BCUT2D eigenvalue weighted by Crippen LogP contribution is 2.21. The minimum absolute atomic E-state index is 0.215. The molecule has 0 bridgehead atoms. The third-order valence-electron chi connectivity index (χ3n) is 2.40. The summed E-state index contributed by atoms with van der Waals surface area (Å²) in [4.78, 5) is 10.0. The Balaban J connectivity index is 2.62. The van der Waals surface area contributed by atoms with Gasteiger partial charge in [0.25, 0.3) is 0 Å². The molecule has 5 heteroatoms. The van der Waals surface area contributed by atoms with Gasteiger partial charge in [-0.2, -0.15) is 5.26 Å². The van der Waals surface area contributed by atoms with Gasteiger partial charge in [0, 0.05) is 20.2 Å². The molecule has 0 amide bonds. The fourth-order valence-corrected chi connectivity index (χ4v) is 1.48. The Kier molecular flexibility index (Phi) is 3.20. The van der Waals surface area contributed by atoms with E-state index in [0.29, 0.717) is 5.82 Å². The monoisotopic (exact) mass is 242 g/mol. The van der Waals surface area contributed by atoms with Crippen LogP contribution in [0.4, 0.5) is 10.2 Å². The molecule has 18 heavy (non-hydrogen) atoms. The normalized spacial score (nSPS) is 9.89. The summed E-state index contributed by atoms with van der Waals surface area (Å²) < 4.78 is 13.7. The lowest BCUT2D eigenvalue weighted by Crippen LogP contribution is -2.12. The number of benzene rings is 1. The van der Waals surface area contributed by atoms with Crippen molar-refractivity contribution >= 4 is 5.82 Å². The summed E-state index contributed by atoms with van der Waals surface area (Å²) in [6, 6.07) is 9.74. The van der Waals surface area contributed by atoms with Crippen molar-refractivity contribution in [2.45, 2.75) is 0 Å². The summed E-state index contributed by atoms with van der Waals surface area (Å²) >= 11 is 0. The largest absolute Gasteiger partial charge is 0.363 e. The predicted octanol–water partition coefficient (Wildman–Crippen LogP) is 2.22. The Morgan fingerprint density at radius 1 is 1.22 bits per heavy atom. The van der Waals surface area contributed by atoms with Gasteiger partial charge in [0.1, 0.15) is 23.4 Å². The topological polar surface area (TPSA) is 52.8 Å². The number of nitrogens with zero attached hydrogens (tertiary/aromatic N) is 4. The fourth-order valence-electron chi connectivity index (χ4n) is 1.48. The molecule has 1 aromatic heterocycles. The molecule has 0 aliphatic carbocycles. The van der Waals surface area contributed by atoms with Gasteiger partial charge in [-0.05, 0) is 12.1 Å². The zero-order valence-corrected chi connectivity index (χ0v) is 10.1. The molecule has 0 fully saturated rings. The molecule has 0 unspecified atom stereocenters. The Morgan fingerprint density at radius 2 is 1.94 bits per heavy atom. The van der Waals surface area contributed by atoms with Gasteiger partial charge in [0.15, 0.2) is 5.82 Å². The SMILES string of the molecule is CN(C)c1cc(C#N)nc(-c2ccccc2F)n1. The molecule has 90 valence electrons. The van der Waals surface area contributed by atoms with Crippen LogP contribution in [0, 0.1) is 17.1 Å². The molecule has 1 aromatic carbocycles. The van der Waals surface area contributed by atoms with Crippen molar-refractivity contribution in [3.8, 4) is 17.5 Å². The van der Waals surface area contributed by atoms with Crippen molar-refractivity contribution in [3.05, 3.63) is 41.8 Å². The lowest BCUT2D eigenvalue weighted by Gasteiger charge is -2.12. The molecule has 0 radical (unpaired) electrons. The van der Waals surface area contributed by atoms with Gasteiger partial charge in [-0.25, -0.2) is 14.4 Å². The predicted molar refractivity (Wildman–Crippen MR) is 66.5 cm³/mol. The van der Waals surface area contributed by atoms with E-state index in [0.717, 1.165) is 0 Å². The highest BCUT2D eigenvalue weighted by molar-refractivity contribution is 5.59. The molecule has 0 aliphatic rings. The molecule has 0 N–H and O–H groups in total. The van der Waals surface area contributed by atoms with Crippen molar-refractivity contribution in [3.63, 3.8) is 0 Å². The van der Waals surface area contributed by atoms with Crippen LogP contribution >= 0.6 is 0 Å². The van der Waals surface area contributed by atoms with Gasteiger partial charge < -0.3 is 4.90 Å². The van der Waals surface area contributed by atoms with E-state index >= 15 is 0 Å². The number of anilines is 1. The number of hydrogen-bond acceptors (Lipinski definition) is 4. The van der Waals surface area contributed by atoms with Gasteiger partial charge >= 0.3 is 0 Å². The summed E-state index contributed by atoms with van der Waals surface area (Å²) in [6.45, 7) is 0. The van der Waals surface area contributed by atoms with Crippen LogP contribution in [0.15, 0.2) is 30.3 Å². The highest BCUT2D eigenvalue weighted by Gasteiger charge is 2.11. The minimum Gasteiger partial charge on any atom is -0.363 e. The second-order valence-corrected chi connectivity index (χ2v) is 3.92. The lowest BCUT2D eigenvalue weighted by atomic mass is 10.2. The first-order valence-electron chi connectivity index (χ1n) is 5.33. The Hall–Kier alpha value is -2.48. The fraction of sp³-hybridized carbons (Fsp3) is 0.154. The summed E-state index contributed by atoms with van der Waals surface area (Å²) in [5.74, 6) is 0.382. The Labute approximate surface area is 104 Å². The molecule has 2 aromatic rings. The third kappa shape index (κ3) is 2.28. The van der Waals surface area contributed by atoms with Crippen molar-refractivity contribution in [2.75, 3.05) is 19.0 Å². The second kappa shape index (κ2) is 4.80. The van der Waals surface area contributed by atoms with Crippen molar-refractivity contribution in [2.24, 2.45) is 0 Å². The standard InChI is InChI=1S/C13H11FN4/c1-18(2)12-7-9(8-15)16-13(17-12)10-5-3-4-6-11(10)14/h3-7H,1-2H3. The van der Waals surface area contributed by atoms with E-state index < -0.39 is 5.82 Å². The maximum absolute atomic E-state index is 13.7. The molecule has 0 saturated carbocycles. The molecule has 0 spiro atoms. The van der Waals surface area contributed by atoms with Gasteiger partial charge in [-0.15, -0.1) is 0 Å². The highest BCUT2D eigenvalue weighted by atomic mass is 19.1. The molecule has 0 aliphatic heterocycles. The number of nitriles is 1. The summed E-state index contributed by atoms with van der Waals surface area (Å²) in [5.41, 5.74) is 0.504. The molecule has 0 atom stereocenters.